The number of nitriles is 1. The van der Waals surface area contributed by atoms with Gasteiger partial charge in [0.2, 0.25) is 0 Å². The maximum Gasteiger partial charge on any atom is 0.172 e. The third-order valence-electron chi connectivity index (χ3n) is 8.33. The first-order valence-electron chi connectivity index (χ1n) is 13.3. The number of piperidine rings is 1. The van der Waals surface area contributed by atoms with Gasteiger partial charge in [0.1, 0.15) is 5.82 Å². The van der Waals surface area contributed by atoms with Crippen molar-refractivity contribution in [3.05, 3.63) is 81.9 Å². The molecule has 2 aromatic heterocycles. The fraction of sp³-hybridized carbons (Fsp3) is 0.367. The predicted molar refractivity (Wildman–Crippen MR) is 155 cm³/mol. The van der Waals surface area contributed by atoms with Crippen LogP contribution in [0.3, 0.4) is 0 Å². The Morgan fingerprint density at radius 1 is 1.00 bits per heavy atom. The van der Waals surface area contributed by atoms with Crippen molar-refractivity contribution in [3.8, 4) is 17.3 Å². The Hall–Kier alpha value is -2.92. The van der Waals surface area contributed by atoms with Crippen molar-refractivity contribution < 1.29 is 0 Å². The van der Waals surface area contributed by atoms with Crippen LogP contribution in [0.5, 0.6) is 0 Å². The van der Waals surface area contributed by atoms with Crippen molar-refractivity contribution in [1.29, 1.82) is 5.26 Å². The van der Waals surface area contributed by atoms with Gasteiger partial charge in [-0.2, -0.15) is 14.9 Å². The molecular weight excluding hydrogens is 560 g/mol. The van der Waals surface area contributed by atoms with Crippen LogP contribution in [-0.2, 0) is 5.41 Å². The number of likely N-dealkylation sites (tertiary alicyclic amines) is 1. The summed E-state index contributed by atoms with van der Waals surface area (Å²) in [7, 11) is 0. The zero-order valence-electron chi connectivity index (χ0n) is 21.2. The molecule has 2 aliphatic rings. The molecule has 0 unspecified atom stereocenters. The van der Waals surface area contributed by atoms with E-state index in [1.807, 2.05) is 53.0 Å². The van der Waals surface area contributed by atoms with Crippen LogP contribution in [0.15, 0.2) is 71.3 Å². The summed E-state index contributed by atoms with van der Waals surface area (Å²) < 4.78 is 2.72. The molecule has 1 saturated carbocycles. The lowest BCUT2D eigenvalue weighted by atomic mass is 9.69. The van der Waals surface area contributed by atoms with Crippen molar-refractivity contribution >= 4 is 39.0 Å². The minimum Gasteiger partial charge on any atom is -0.367 e. The summed E-state index contributed by atoms with van der Waals surface area (Å²) in [6.45, 7) is 2.11. The number of fused-ring (bicyclic) bond motifs is 1. The molecule has 6 rings (SSSR count). The van der Waals surface area contributed by atoms with E-state index in [-0.39, 0.29) is 5.41 Å². The fourth-order valence-electron chi connectivity index (χ4n) is 6.15. The highest BCUT2D eigenvalue weighted by Crippen LogP contribution is 2.41. The molecule has 1 aliphatic carbocycles. The van der Waals surface area contributed by atoms with E-state index in [0.29, 0.717) is 17.1 Å². The predicted octanol–water partition coefficient (Wildman–Crippen LogP) is 7.09. The lowest BCUT2D eigenvalue weighted by molar-refractivity contribution is 0.111. The Labute approximate surface area is 236 Å². The first kappa shape index (κ1) is 25.4. The average molecular weight is 590 g/mol. The summed E-state index contributed by atoms with van der Waals surface area (Å²) in [6.07, 6.45) is 7.93. The van der Waals surface area contributed by atoms with Crippen molar-refractivity contribution in [2.24, 2.45) is 0 Å². The second-order valence-corrected chi connectivity index (χ2v) is 11.7. The molecule has 2 fully saturated rings. The maximum atomic E-state index is 10.1. The molecule has 0 spiro atoms. The fourth-order valence-corrected chi connectivity index (χ4v) is 6.73. The average Bonchev–Trinajstić information content (AvgIpc) is 3.35. The number of anilines is 1. The summed E-state index contributed by atoms with van der Waals surface area (Å²) in [5.41, 5.74) is 3.34. The van der Waals surface area contributed by atoms with Crippen molar-refractivity contribution in [2.75, 3.05) is 18.4 Å². The first-order chi connectivity index (χ1) is 18.6. The zero-order valence-corrected chi connectivity index (χ0v) is 23.5. The SMILES string of the molecule is N#CC1(c2ccccc2)CCC(N2CCC(Nc3cc(-c4ccccc4Cl)nc4c(Br)cnn34)CC2)CC1. The minimum atomic E-state index is -0.332. The number of nitrogens with one attached hydrogen (secondary N) is 1. The number of halogens is 2. The molecule has 2 aromatic carbocycles. The van der Waals surface area contributed by atoms with Gasteiger partial charge in [-0.1, -0.05) is 60.1 Å². The number of rotatable bonds is 5. The third kappa shape index (κ3) is 4.82. The van der Waals surface area contributed by atoms with Crippen LogP contribution < -0.4 is 5.32 Å². The molecule has 1 aliphatic heterocycles. The standard InChI is InChI=1S/C30H30BrClN6/c31-25-19-34-38-28(18-27(36-29(25)38)24-8-4-5-9-26(24)32)35-22-12-16-37(17-13-22)23-10-14-30(20-33,15-11-23)21-6-2-1-3-7-21/h1-9,18-19,22-23,35H,10-17H2. The number of benzene rings is 2. The molecular formula is C30H30BrClN6. The molecule has 1 saturated heterocycles. The lowest BCUT2D eigenvalue weighted by Gasteiger charge is -2.43. The molecule has 6 nitrogen and oxygen atoms in total. The Balaban J connectivity index is 1.13. The highest BCUT2D eigenvalue weighted by Gasteiger charge is 2.39. The Kier molecular flexibility index (Phi) is 7.13. The molecule has 0 atom stereocenters. The zero-order chi connectivity index (χ0) is 26.1. The Morgan fingerprint density at radius 2 is 1.71 bits per heavy atom. The smallest absolute Gasteiger partial charge is 0.172 e. The first-order valence-corrected chi connectivity index (χ1v) is 14.5. The normalized spacial score (nSPS) is 22.8. The Morgan fingerprint density at radius 3 is 2.42 bits per heavy atom. The number of hydrogen-bond donors (Lipinski definition) is 1. The van der Waals surface area contributed by atoms with Crippen LogP contribution in [-0.4, -0.2) is 44.7 Å². The summed E-state index contributed by atoms with van der Waals surface area (Å²) in [5.74, 6) is 0.924. The highest BCUT2D eigenvalue weighted by molar-refractivity contribution is 9.10. The van der Waals surface area contributed by atoms with Crippen molar-refractivity contribution in [2.45, 2.75) is 56.0 Å². The van der Waals surface area contributed by atoms with Crippen LogP contribution >= 0.6 is 27.5 Å². The molecule has 38 heavy (non-hydrogen) atoms. The van der Waals surface area contributed by atoms with Gasteiger partial charge in [0, 0.05) is 41.8 Å². The van der Waals surface area contributed by atoms with Gasteiger partial charge >= 0.3 is 0 Å². The largest absolute Gasteiger partial charge is 0.367 e. The van der Waals surface area contributed by atoms with Gasteiger partial charge in [-0.3, -0.25) is 0 Å². The second kappa shape index (κ2) is 10.7. The lowest BCUT2D eigenvalue weighted by Crippen LogP contribution is -2.47. The van der Waals surface area contributed by atoms with Gasteiger partial charge in [-0.15, -0.1) is 0 Å². The van der Waals surface area contributed by atoms with Crippen LogP contribution in [0.4, 0.5) is 5.82 Å². The highest BCUT2D eigenvalue weighted by atomic mass is 79.9. The molecule has 8 heteroatoms. The van der Waals surface area contributed by atoms with E-state index < -0.39 is 0 Å². The summed E-state index contributed by atoms with van der Waals surface area (Å²) >= 11 is 10.1. The molecule has 4 aromatic rings. The van der Waals surface area contributed by atoms with Gasteiger partial charge in [0.25, 0.3) is 0 Å². The van der Waals surface area contributed by atoms with Crippen LogP contribution in [0.25, 0.3) is 16.9 Å². The topological polar surface area (TPSA) is 69.2 Å². The monoisotopic (exact) mass is 588 g/mol. The second-order valence-electron chi connectivity index (χ2n) is 10.5. The van der Waals surface area contributed by atoms with E-state index in [1.54, 1.807) is 6.20 Å². The molecule has 0 radical (unpaired) electrons. The summed E-state index contributed by atoms with van der Waals surface area (Å²) in [5, 5.41) is 19.0. The quantitative estimate of drug-likeness (QED) is 0.269. The summed E-state index contributed by atoms with van der Waals surface area (Å²) in [6, 6.07) is 23.8. The molecule has 0 amide bonds. The number of aromatic nitrogens is 3. The van der Waals surface area contributed by atoms with Crippen LogP contribution in [0, 0.1) is 11.3 Å². The third-order valence-corrected chi connectivity index (χ3v) is 9.21. The van der Waals surface area contributed by atoms with E-state index in [1.165, 1.54) is 5.56 Å². The van der Waals surface area contributed by atoms with Crippen LogP contribution in [0.2, 0.25) is 5.02 Å². The maximum absolute atomic E-state index is 10.1. The van der Waals surface area contributed by atoms with Gasteiger partial charge < -0.3 is 10.2 Å². The Bertz CT molecular complexity index is 1460. The molecule has 194 valence electrons. The van der Waals surface area contributed by atoms with Crippen molar-refractivity contribution in [3.63, 3.8) is 0 Å². The van der Waals surface area contributed by atoms with E-state index >= 15 is 0 Å². The minimum absolute atomic E-state index is 0.332. The van der Waals surface area contributed by atoms with Crippen molar-refractivity contribution in [1.82, 2.24) is 19.5 Å². The van der Waals surface area contributed by atoms with Gasteiger partial charge in [0.15, 0.2) is 5.65 Å². The van der Waals surface area contributed by atoms with E-state index in [4.69, 9.17) is 16.6 Å². The molecule has 1 N–H and O–H groups in total. The number of nitrogens with zero attached hydrogens (tertiary/aromatic N) is 5. The molecule has 3 heterocycles. The van der Waals surface area contributed by atoms with Gasteiger partial charge in [0.05, 0.1) is 27.8 Å². The number of hydrogen-bond acceptors (Lipinski definition) is 5. The van der Waals surface area contributed by atoms with Gasteiger partial charge in [-0.25, -0.2) is 4.98 Å². The molecule has 0 bridgehead atoms. The van der Waals surface area contributed by atoms with E-state index in [0.717, 1.165) is 78.8 Å². The van der Waals surface area contributed by atoms with Crippen LogP contribution in [0.1, 0.15) is 44.1 Å². The van der Waals surface area contributed by atoms with E-state index in [9.17, 15) is 5.26 Å². The summed E-state index contributed by atoms with van der Waals surface area (Å²) in [4.78, 5) is 7.48. The van der Waals surface area contributed by atoms with Gasteiger partial charge in [-0.05, 0) is 66.1 Å². The van der Waals surface area contributed by atoms with E-state index in [2.05, 4.69) is 49.4 Å².